The minimum absolute atomic E-state index is 0.139. The zero-order valence-corrected chi connectivity index (χ0v) is 14.8. The molecule has 3 aromatic heterocycles. The van der Waals surface area contributed by atoms with E-state index in [9.17, 15) is 9.18 Å². The summed E-state index contributed by atoms with van der Waals surface area (Å²) >= 11 is 1.35. The Hall–Kier alpha value is -3.06. The van der Waals surface area contributed by atoms with Crippen LogP contribution in [0.25, 0.3) is 16.2 Å². The largest absolute Gasteiger partial charge is 0.334 e. The number of benzene rings is 1. The Kier molecular flexibility index (Phi) is 4.22. The Balaban J connectivity index is 1.64. The molecule has 5 nitrogen and oxygen atoms in total. The molecular weight excluding hydrogens is 351 g/mol. The molecule has 7 heteroatoms. The van der Waals surface area contributed by atoms with Gasteiger partial charge in [0, 0.05) is 30.4 Å². The van der Waals surface area contributed by atoms with Crippen molar-refractivity contribution in [2.75, 3.05) is 7.05 Å². The van der Waals surface area contributed by atoms with E-state index in [-0.39, 0.29) is 11.7 Å². The highest BCUT2D eigenvalue weighted by Gasteiger charge is 2.19. The van der Waals surface area contributed by atoms with Gasteiger partial charge in [-0.3, -0.25) is 14.2 Å². The predicted molar refractivity (Wildman–Crippen MR) is 98.5 cm³/mol. The van der Waals surface area contributed by atoms with Gasteiger partial charge in [0.25, 0.3) is 5.91 Å². The van der Waals surface area contributed by atoms with E-state index in [1.165, 1.54) is 17.4 Å². The molecule has 0 bridgehead atoms. The molecule has 0 aliphatic rings. The predicted octanol–water partition coefficient (Wildman–Crippen LogP) is 3.87. The van der Waals surface area contributed by atoms with Gasteiger partial charge in [-0.25, -0.2) is 9.37 Å². The number of thiazole rings is 1. The molecule has 0 saturated carbocycles. The maximum absolute atomic E-state index is 14.0. The van der Waals surface area contributed by atoms with E-state index < -0.39 is 0 Å². The van der Waals surface area contributed by atoms with Gasteiger partial charge in [-0.05, 0) is 24.3 Å². The molecular formula is C19H15FN4OS. The van der Waals surface area contributed by atoms with E-state index >= 15 is 0 Å². The fourth-order valence-corrected chi connectivity index (χ4v) is 3.59. The van der Waals surface area contributed by atoms with Crippen LogP contribution in [0.5, 0.6) is 0 Å². The van der Waals surface area contributed by atoms with Gasteiger partial charge in [0.15, 0.2) is 4.96 Å². The first-order valence-electron chi connectivity index (χ1n) is 8.00. The summed E-state index contributed by atoms with van der Waals surface area (Å²) in [5, 5.41) is 1.77. The Morgan fingerprint density at radius 2 is 2.04 bits per heavy atom. The van der Waals surface area contributed by atoms with Crippen LogP contribution in [0.15, 0.2) is 60.2 Å². The number of amides is 1. The second-order valence-corrected chi connectivity index (χ2v) is 6.70. The van der Waals surface area contributed by atoms with Crippen molar-refractivity contribution in [3.63, 3.8) is 0 Å². The molecule has 0 radical (unpaired) electrons. The van der Waals surface area contributed by atoms with Crippen molar-refractivity contribution in [1.29, 1.82) is 0 Å². The molecule has 0 fully saturated rings. The lowest BCUT2D eigenvalue weighted by Crippen LogP contribution is -2.27. The highest BCUT2D eigenvalue weighted by atomic mass is 32.1. The van der Waals surface area contributed by atoms with Gasteiger partial charge in [0.2, 0.25) is 0 Å². The molecule has 4 aromatic rings. The minimum Gasteiger partial charge on any atom is -0.334 e. The van der Waals surface area contributed by atoms with Crippen molar-refractivity contribution < 1.29 is 9.18 Å². The first-order chi connectivity index (χ1) is 12.6. The second kappa shape index (κ2) is 6.68. The molecule has 0 aliphatic carbocycles. The fourth-order valence-electron chi connectivity index (χ4n) is 2.74. The van der Waals surface area contributed by atoms with Crippen molar-refractivity contribution in [1.82, 2.24) is 19.3 Å². The van der Waals surface area contributed by atoms with Crippen LogP contribution < -0.4 is 0 Å². The number of hydrogen-bond acceptors (Lipinski definition) is 4. The number of carbonyl (C=O) groups is 1. The van der Waals surface area contributed by atoms with Crippen molar-refractivity contribution in [3.8, 4) is 11.3 Å². The van der Waals surface area contributed by atoms with Gasteiger partial charge >= 0.3 is 0 Å². The summed E-state index contributed by atoms with van der Waals surface area (Å²) in [5.74, 6) is -0.474. The molecule has 3 heterocycles. The van der Waals surface area contributed by atoms with Crippen molar-refractivity contribution in [2.45, 2.75) is 6.54 Å². The maximum Gasteiger partial charge on any atom is 0.271 e. The van der Waals surface area contributed by atoms with Gasteiger partial charge in [-0.2, -0.15) is 0 Å². The number of pyridine rings is 1. The van der Waals surface area contributed by atoms with E-state index in [0.29, 0.717) is 28.5 Å². The average Bonchev–Trinajstić information content (AvgIpc) is 3.23. The number of carbonyl (C=O) groups excluding carboxylic acids is 1. The Morgan fingerprint density at radius 3 is 2.81 bits per heavy atom. The van der Waals surface area contributed by atoms with Crippen LogP contribution in [-0.2, 0) is 6.54 Å². The standard InChI is InChI=1S/C19H15FN4OS/c1-23(10-13-6-4-5-9-21-13)18(25)17-12-26-19-22-16(11-24(17)19)14-7-2-3-8-15(14)20/h2-9,11-12H,10H2,1H3. The Labute approximate surface area is 153 Å². The van der Waals surface area contributed by atoms with E-state index in [1.54, 1.807) is 52.3 Å². The van der Waals surface area contributed by atoms with Crippen molar-refractivity contribution in [3.05, 3.63) is 77.4 Å². The number of imidazole rings is 1. The first-order valence-corrected chi connectivity index (χ1v) is 8.88. The number of fused-ring (bicyclic) bond motifs is 1. The third-order valence-corrected chi connectivity index (χ3v) is 4.89. The number of nitrogens with zero attached hydrogens (tertiary/aromatic N) is 4. The molecule has 130 valence electrons. The maximum atomic E-state index is 14.0. The third kappa shape index (κ3) is 2.97. The average molecular weight is 366 g/mol. The molecule has 0 atom stereocenters. The number of hydrogen-bond donors (Lipinski definition) is 0. The van der Waals surface area contributed by atoms with E-state index in [4.69, 9.17) is 0 Å². The fraction of sp³-hybridized carbons (Fsp3) is 0.105. The SMILES string of the molecule is CN(Cc1ccccn1)C(=O)c1csc2nc(-c3ccccc3F)cn12. The topological polar surface area (TPSA) is 50.5 Å². The molecule has 4 rings (SSSR count). The first kappa shape index (κ1) is 16.4. The highest BCUT2D eigenvalue weighted by Crippen LogP contribution is 2.26. The zero-order valence-electron chi connectivity index (χ0n) is 14.0. The van der Waals surface area contributed by atoms with Crippen LogP contribution in [-0.4, -0.2) is 32.2 Å². The van der Waals surface area contributed by atoms with E-state index in [0.717, 1.165) is 5.69 Å². The van der Waals surface area contributed by atoms with Crippen molar-refractivity contribution >= 4 is 22.2 Å². The van der Waals surface area contributed by atoms with Gasteiger partial charge in [-0.1, -0.05) is 18.2 Å². The third-order valence-electron chi connectivity index (χ3n) is 4.05. The summed E-state index contributed by atoms with van der Waals surface area (Å²) in [5.41, 5.74) is 2.24. The van der Waals surface area contributed by atoms with Gasteiger partial charge in [0.1, 0.15) is 11.5 Å². The van der Waals surface area contributed by atoms with Crippen LogP contribution in [0.4, 0.5) is 4.39 Å². The molecule has 0 spiro atoms. The van der Waals surface area contributed by atoms with Crippen LogP contribution in [0.2, 0.25) is 0 Å². The second-order valence-electron chi connectivity index (χ2n) is 5.86. The Bertz CT molecular complexity index is 1070. The summed E-state index contributed by atoms with van der Waals surface area (Å²) in [7, 11) is 1.73. The molecule has 0 saturated heterocycles. The Morgan fingerprint density at radius 1 is 1.23 bits per heavy atom. The minimum atomic E-state index is -0.335. The van der Waals surface area contributed by atoms with E-state index in [2.05, 4.69) is 9.97 Å². The number of rotatable bonds is 4. The van der Waals surface area contributed by atoms with Gasteiger partial charge in [0.05, 0.1) is 17.9 Å². The number of aromatic nitrogens is 3. The lowest BCUT2D eigenvalue weighted by molar-refractivity contribution is 0.0777. The molecule has 1 aromatic carbocycles. The summed E-state index contributed by atoms with van der Waals surface area (Å²) < 4.78 is 15.7. The molecule has 0 N–H and O–H groups in total. The van der Waals surface area contributed by atoms with Crippen LogP contribution in [0.3, 0.4) is 0 Å². The monoisotopic (exact) mass is 366 g/mol. The van der Waals surface area contributed by atoms with Crippen molar-refractivity contribution in [2.24, 2.45) is 0 Å². The highest BCUT2D eigenvalue weighted by molar-refractivity contribution is 7.15. The lowest BCUT2D eigenvalue weighted by atomic mass is 10.1. The molecule has 0 unspecified atom stereocenters. The van der Waals surface area contributed by atoms with Gasteiger partial charge < -0.3 is 4.90 Å². The molecule has 26 heavy (non-hydrogen) atoms. The smallest absolute Gasteiger partial charge is 0.271 e. The van der Waals surface area contributed by atoms with Crippen LogP contribution >= 0.6 is 11.3 Å². The lowest BCUT2D eigenvalue weighted by Gasteiger charge is -2.16. The van der Waals surface area contributed by atoms with Crippen LogP contribution in [0, 0.1) is 5.82 Å². The zero-order chi connectivity index (χ0) is 18.1. The van der Waals surface area contributed by atoms with Gasteiger partial charge in [-0.15, -0.1) is 11.3 Å². The summed E-state index contributed by atoms with van der Waals surface area (Å²) in [6, 6.07) is 12.1. The quantitative estimate of drug-likeness (QED) is 0.551. The van der Waals surface area contributed by atoms with E-state index in [1.807, 2.05) is 18.2 Å². The van der Waals surface area contributed by atoms with Crippen LogP contribution in [0.1, 0.15) is 16.2 Å². The molecule has 1 amide bonds. The summed E-state index contributed by atoms with van der Waals surface area (Å²) in [4.78, 5) is 23.8. The normalized spacial score (nSPS) is 11.0. The molecule has 0 aliphatic heterocycles. The summed E-state index contributed by atoms with van der Waals surface area (Å²) in [6.45, 7) is 0.409. The summed E-state index contributed by atoms with van der Waals surface area (Å²) in [6.07, 6.45) is 3.40. The number of halogens is 1.